The first-order chi connectivity index (χ1) is 11.4. The van der Waals surface area contributed by atoms with Crippen molar-refractivity contribution in [3.05, 3.63) is 23.8 Å². The normalized spacial score (nSPS) is 17.8. The summed E-state index contributed by atoms with van der Waals surface area (Å²) in [5.74, 6) is -1.16. The van der Waals surface area contributed by atoms with Crippen molar-refractivity contribution in [1.82, 2.24) is 4.72 Å². The van der Waals surface area contributed by atoms with Crippen molar-refractivity contribution in [3.8, 4) is 0 Å². The Morgan fingerprint density at radius 3 is 2.83 bits per heavy atom. The summed E-state index contributed by atoms with van der Waals surface area (Å²) < 4.78 is 33.2. The molecule has 2 rings (SSSR count). The number of sulfonamides is 1. The van der Waals surface area contributed by atoms with E-state index in [0.29, 0.717) is 18.8 Å². The molecule has 8 heteroatoms. The van der Waals surface area contributed by atoms with Crippen LogP contribution in [0.25, 0.3) is 0 Å². The van der Waals surface area contributed by atoms with Gasteiger partial charge < -0.3 is 15.2 Å². The fourth-order valence-corrected chi connectivity index (χ4v) is 3.78. The summed E-state index contributed by atoms with van der Waals surface area (Å²) in [6.07, 6.45) is 3.48. The molecule has 3 N–H and O–H groups in total. The van der Waals surface area contributed by atoms with E-state index in [1.807, 2.05) is 6.92 Å². The van der Waals surface area contributed by atoms with Gasteiger partial charge in [0.05, 0.1) is 17.4 Å². The summed E-state index contributed by atoms with van der Waals surface area (Å²) in [5, 5.41) is 12.2. The molecule has 1 aromatic carbocycles. The largest absolute Gasteiger partial charge is 0.478 e. The van der Waals surface area contributed by atoms with Gasteiger partial charge in [0.1, 0.15) is 4.90 Å². The standard InChI is InChI=1S/C16H24N2O5S/c1-2-3-8-17-14-7-6-12(16(19)20)10-15(14)24(21,22)18-11-13-5-4-9-23-13/h6-7,10,13,17-18H,2-5,8-9,11H2,1H3,(H,19,20)/t13-/m1/s1. The lowest BCUT2D eigenvalue weighted by Crippen LogP contribution is -2.32. The number of nitrogens with one attached hydrogen (secondary N) is 2. The van der Waals surface area contributed by atoms with Gasteiger partial charge in [-0.2, -0.15) is 0 Å². The fourth-order valence-electron chi connectivity index (χ4n) is 2.51. The first-order valence-corrected chi connectivity index (χ1v) is 9.65. The Labute approximate surface area is 142 Å². The van der Waals surface area contributed by atoms with Crippen LogP contribution in [0.4, 0.5) is 5.69 Å². The number of carboxylic acids is 1. The van der Waals surface area contributed by atoms with Gasteiger partial charge in [-0.3, -0.25) is 0 Å². The van der Waals surface area contributed by atoms with Crippen molar-refractivity contribution in [2.24, 2.45) is 0 Å². The summed E-state index contributed by atoms with van der Waals surface area (Å²) in [5.41, 5.74) is 0.349. The molecule has 1 saturated heterocycles. The van der Waals surface area contributed by atoms with Crippen molar-refractivity contribution < 1.29 is 23.1 Å². The third-order valence-corrected chi connectivity index (χ3v) is 5.35. The number of carbonyl (C=O) groups is 1. The zero-order chi connectivity index (χ0) is 17.6. The van der Waals surface area contributed by atoms with E-state index >= 15 is 0 Å². The average Bonchev–Trinajstić information content (AvgIpc) is 3.07. The van der Waals surface area contributed by atoms with Gasteiger partial charge in [-0.05, 0) is 37.5 Å². The maximum Gasteiger partial charge on any atom is 0.335 e. The minimum atomic E-state index is -3.83. The van der Waals surface area contributed by atoms with Gasteiger partial charge in [0.15, 0.2) is 0 Å². The molecular formula is C16H24N2O5S. The maximum atomic E-state index is 12.6. The lowest BCUT2D eigenvalue weighted by Gasteiger charge is -2.15. The van der Waals surface area contributed by atoms with Crippen LogP contribution in [0.15, 0.2) is 23.1 Å². The van der Waals surface area contributed by atoms with E-state index in [1.165, 1.54) is 18.2 Å². The van der Waals surface area contributed by atoms with Crippen molar-refractivity contribution in [1.29, 1.82) is 0 Å². The second-order valence-corrected chi connectivity index (χ2v) is 7.52. The molecule has 7 nitrogen and oxygen atoms in total. The molecular weight excluding hydrogens is 332 g/mol. The number of carboxylic acid groups (broad SMARTS) is 1. The minimum Gasteiger partial charge on any atom is -0.478 e. The number of anilines is 1. The Morgan fingerprint density at radius 2 is 2.21 bits per heavy atom. The Bertz CT molecular complexity index is 669. The quantitative estimate of drug-likeness (QED) is 0.585. The highest BCUT2D eigenvalue weighted by molar-refractivity contribution is 7.89. The van der Waals surface area contributed by atoms with Gasteiger partial charge in [0, 0.05) is 19.7 Å². The van der Waals surface area contributed by atoms with Gasteiger partial charge in [-0.1, -0.05) is 13.3 Å². The number of hydrogen-bond donors (Lipinski definition) is 3. The summed E-state index contributed by atoms with van der Waals surface area (Å²) in [6, 6.07) is 4.09. The van der Waals surface area contributed by atoms with Crippen LogP contribution >= 0.6 is 0 Å². The monoisotopic (exact) mass is 356 g/mol. The number of benzene rings is 1. The zero-order valence-corrected chi connectivity index (χ0v) is 14.6. The van der Waals surface area contributed by atoms with Crippen LogP contribution in [0.1, 0.15) is 43.0 Å². The highest BCUT2D eigenvalue weighted by Gasteiger charge is 2.23. The number of hydrogen-bond acceptors (Lipinski definition) is 5. The molecule has 24 heavy (non-hydrogen) atoms. The summed E-state index contributed by atoms with van der Waals surface area (Å²) >= 11 is 0. The van der Waals surface area contributed by atoms with Gasteiger partial charge in [0.2, 0.25) is 10.0 Å². The van der Waals surface area contributed by atoms with Gasteiger partial charge in [0.25, 0.3) is 0 Å². The first-order valence-electron chi connectivity index (χ1n) is 8.16. The van der Waals surface area contributed by atoms with E-state index in [9.17, 15) is 13.2 Å². The van der Waals surface area contributed by atoms with Crippen molar-refractivity contribution in [3.63, 3.8) is 0 Å². The van der Waals surface area contributed by atoms with Crippen LogP contribution in [-0.4, -0.2) is 45.3 Å². The molecule has 1 aliphatic rings. The molecule has 0 radical (unpaired) electrons. The summed E-state index contributed by atoms with van der Waals surface area (Å²) in [6.45, 7) is 3.49. The van der Waals surface area contributed by atoms with Gasteiger partial charge >= 0.3 is 5.97 Å². The van der Waals surface area contributed by atoms with E-state index < -0.39 is 16.0 Å². The van der Waals surface area contributed by atoms with Crippen LogP contribution in [0.5, 0.6) is 0 Å². The minimum absolute atomic E-state index is 0.0449. The topological polar surface area (TPSA) is 105 Å². The predicted octanol–water partition coefficient (Wildman–Crippen LogP) is 2.05. The Hall–Kier alpha value is -1.64. The van der Waals surface area contributed by atoms with Crippen LogP contribution in [0.3, 0.4) is 0 Å². The molecule has 134 valence electrons. The molecule has 0 spiro atoms. The first kappa shape index (κ1) is 18.7. The van der Waals surface area contributed by atoms with E-state index in [1.54, 1.807) is 0 Å². The molecule has 1 heterocycles. The second kappa shape index (κ2) is 8.46. The van der Waals surface area contributed by atoms with E-state index in [2.05, 4.69) is 10.0 Å². The van der Waals surface area contributed by atoms with Crippen molar-refractivity contribution >= 4 is 21.7 Å². The molecule has 0 aromatic heterocycles. The molecule has 0 saturated carbocycles. The summed E-state index contributed by atoms with van der Waals surface area (Å²) in [4.78, 5) is 11.1. The molecule has 1 fully saturated rings. The average molecular weight is 356 g/mol. The number of rotatable bonds is 9. The summed E-state index contributed by atoms with van der Waals surface area (Å²) in [7, 11) is -3.83. The van der Waals surface area contributed by atoms with E-state index in [4.69, 9.17) is 9.84 Å². The van der Waals surface area contributed by atoms with Gasteiger partial charge in [-0.15, -0.1) is 0 Å². The van der Waals surface area contributed by atoms with E-state index in [-0.39, 0.29) is 23.1 Å². The lowest BCUT2D eigenvalue weighted by molar-refractivity contribution is 0.0696. The second-order valence-electron chi connectivity index (χ2n) is 5.78. The van der Waals surface area contributed by atoms with Crippen molar-refractivity contribution in [2.45, 2.75) is 43.6 Å². The number of unbranched alkanes of at least 4 members (excludes halogenated alkanes) is 1. The molecule has 1 atom stereocenters. The number of ether oxygens (including phenoxy) is 1. The smallest absolute Gasteiger partial charge is 0.335 e. The van der Waals surface area contributed by atoms with E-state index in [0.717, 1.165) is 25.7 Å². The molecule has 0 unspecified atom stereocenters. The number of aromatic carboxylic acids is 1. The predicted molar refractivity (Wildman–Crippen MR) is 91.0 cm³/mol. The van der Waals surface area contributed by atoms with Crippen LogP contribution in [0, 0.1) is 0 Å². The van der Waals surface area contributed by atoms with Crippen LogP contribution in [-0.2, 0) is 14.8 Å². The highest BCUT2D eigenvalue weighted by Crippen LogP contribution is 2.23. The SMILES string of the molecule is CCCCNc1ccc(C(=O)O)cc1S(=O)(=O)NC[C@H]1CCCO1. The Kier molecular flexibility index (Phi) is 6.59. The molecule has 0 bridgehead atoms. The van der Waals surface area contributed by atoms with Crippen LogP contribution < -0.4 is 10.0 Å². The molecule has 0 aliphatic carbocycles. The third-order valence-electron chi connectivity index (χ3n) is 3.89. The fraction of sp³-hybridized carbons (Fsp3) is 0.562. The Balaban J connectivity index is 2.21. The third kappa shape index (κ3) is 4.93. The molecule has 0 amide bonds. The lowest BCUT2D eigenvalue weighted by atomic mass is 10.2. The van der Waals surface area contributed by atoms with Crippen LogP contribution in [0.2, 0.25) is 0 Å². The van der Waals surface area contributed by atoms with Crippen molar-refractivity contribution in [2.75, 3.05) is 25.0 Å². The highest BCUT2D eigenvalue weighted by atomic mass is 32.2. The Morgan fingerprint density at radius 1 is 1.42 bits per heavy atom. The zero-order valence-electron chi connectivity index (χ0n) is 13.7. The van der Waals surface area contributed by atoms with Gasteiger partial charge in [-0.25, -0.2) is 17.9 Å². The maximum absolute atomic E-state index is 12.6. The molecule has 1 aromatic rings. The molecule has 1 aliphatic heterocycles.